The zero-order chi connectivity index (χ0) is 46.6. The molecule has 13 aromatic carbocycles. The van der Waals surface area contributed by atoms with Crippen LogP contribution in [0.4, 0.5) is 0 Å². The van der Waals surface area contributed by atoms with Crippen LogP contribution in [0.3, 0.4) is 0 Å². The number of thiophene rings is 1. The Bertz CT molecular complexity index is 4680. The first-order chi connectivity index (χ1) is 35.2. The van der Waals surface area contributed by atoms with Crippen molar-refractivity contribution in [3.05, 3.63) is 243 Å². The minimum absolute atomic E-state index is 0.866. The van der Waals surface area contributed by atoms with Gasteiger partial charge in [-0.1, -0.05) is 231 Å². The van der Waals surface area contributed by atoms with Gasteiger partial charge in [0.1, 0.15) is 0 Å². The Hall–Kier alpha value is -9.02. The van der Waals surface area contributed by atoms with Crippen LogP contribution >= 0.6 is 11.3 Å². The van der Waals surface area contributed by atoms with Gasteiger partial charge in [0.2, 0.25) is 0 Å². The van der Waals surface area contributed by atoms with Crippen molar-refractivity contribution in [1.29, 1.82) is 0 Å². The van der Waals surface area contributed by atoms with Gasteiger partial charge >= 0.3 is 0 Å². The molecule has 2 nitrogen and oxygen atoms in total. The van der Waals surface area contributed by atoms with E-state index >= 15 is 0 Å². The molecule has 0 saturated heterocycles. The molecule has 0 saturated carbocycles. The summed E-state index contributed by atoms with van der Waals surface area (Å²) in [4.78, 5) is 10.5. The van der Waals surface area contributed by atoms with Gasteiger partial charge < -0.3 is 0 Å². The molecular weight excluding hydrogens is 877 g/mol. The Morgan fingerprint density at radius 2 is 0.549 bits per heavy atom. The normalized spacial score (nSPS) is 11.9. The van der Waals surface area contributed by atoms with Crippen molar-refractivity contribution in [3.8, 4) is 55.8 Å². The number of nitrogens with zero attached hydrogens (tertiary/aromatic N) is 2. The molecule has 2 aromatic heterocycles. The van der Waals surface area contributed by atoms with Crippen LogP contribution in [0.5, 0.6) is 0 Å². The minimum Gasteiger partial charge on any atom is -0.252 e. The average Bonchev–Trinajstić information content (AvgIpc) is 3.83. The number of benzene rings is 13. The van der Waals surface area contributed by atoms with Gasteiger partial charge in [0, 0.05) is 42.1 Å². The molecule has 328 valence electrons. The lowest BCUT2D eigenvalue weighted by Gasteiger charge is -2.18. The molecule has 3 heteroatoms. The molecule has 0 N–H and O–H groups in total. The summed E-state index contributed by atoms with van der Waals surface area (Å²) in [7, 11) is 0. The molecule has 0 aliphatic carbocycles. The molecule has 0 bridgehead atoms. The second-order valence-electron chi connectivity index (χ2n) is 18.6. The van der Waals surface area contributed by atoms with E-state index < -0.39 is 0 Å². The van der Waals surface area contributed by atoms with Gasteiger partial charge in [-0.25, -0.2) is 4.98 Å². The number of aromatic nitrogens is 2. The molecule has 71 heavy (non-hydrogen) atoms. The monoisotopic (exact) mass is 916 g/mol. The van der Waals surface area contributed by atoms with Crippen LogP contribution in [0.25, 0.3) is 152 Å². The highest BCUT2D eigenvalue weighted by Crippen LogP contribution is 2.47. The summed E-state index contributed by atoms with van der Waals surface area (Å²) in [5, 5.41) is 17.0. The molecule has 0 spiro atoms. The highest BCUT2D eigenvalue weighted by molar-refractivity contribution is 7.26. The third-order valence-electron chi connectivity index (χ3n) is 15.0. The van der Waals surface area contributed by atoms with E-state index in [1.165, 1.54) is 113 Å². The van der Waals surface area contributed by atoms with Crippen molar-refractivity contribution in [2.45, 2.75) is 0 Å². The van der Waals surface area contributed by atoms with E-state index in [0.717, 1.165) is 38.4 Å². The molecule has 0 aliphatic heterocycles. The van der Waals surface area contributed by atoms with Crippen molar-refractivity contribution in [2.24, 2.45) is 0 Å². The van der Waals surface area contributed by atoms with E-state index in [4.69, 9.17) is 9.97 Å². The summed E-state index contributed by atoms with van der Waals surface area (Å²) in [6, 6.07) is 86.8. The fourth-order valence-electron chi connectivity index (χ4n) is 11.8. The van der Waals surface area contributed by atoms with Gasteiger partial charge in [-0.3, -0.25) is 4.98 Å². The van der Waals surface area contributed by atoms with E-state index in [1.54, 1.807) is 0 Å². The van der Waals surface area contributed by atoms with Crippen LogP contribution in [0.2, 0.25) is 0 Å². The summed E-state index contributed by atoms with van der Waals surface area (Å²) in [6.07, 6.45) is 1.95. The zero-order valence-electron chi connectivity index (χ0n) is 38.4. The average molecular weight is 917 g/mol. The fourth-order valence-corrected chi connectivity index (χ4v) is 13.0. The van der Waals surface area contributed by atoms with E-state index in [1.807, 2.05) is 17.5 Å². The van der Waals surface area contributed by atoms with Crippen molar-refractivity contribution >= 4 is 107 Å². The van der Waals surface area contributed by atoms with Gasteiger partial charge in [-0.2, -0.15) is 0 Å². The Labute approximate surface area is 413 Å². The third kappa shape index (κ3) is 6.07. The summed E-state index contributed by atoms with van der Waals surface area (Å²) >= 11 is 1.89. The summed E-state index contributed by atoms with van der Waals surface area (Å²) in [5.74, 6) is 0. The standard InChI is InChI=1S/C68H40N2S/c1-2-17-42-41(16-1)51(32-33-53(42)55-36-37-57(46-21-6-5-20-45(46)55)62-29-15-30-63-59-26-13-14-31-65(59)71-68(62)63)52-34-35-54(44-19-4-3-18-43(44)52)56-38-39-58(48-23-8-7-22-47(48)56)64-40-69-66-60-27-11-9-24-49(60)50-25-10-12-28-61(50)67(66)70-64/h1-40H. The Kier molecular flexibility index (Phi) is 8.86. The molecule has 0 aliphatic rings. The number of hydrogen-bond donors (Lipinski definition) is 0. The van der Waals surface area contributed by atoms with Crippen LogP contribution in [0.15, 0.2) is 243 Å². The molecule has 0 fully saturated rings. The van der Waals surface area contributed by atoms with Gasteiger partial charge in [0.15, 0.2) is 0 Å². The van der Waals surface area contributed by atoms with E-state index in [-0.39, 0.29) is 0 Å². The lowest BCUT2D eigenvalue weighted by atomic mass is 9.85. The fraction of sp³-hybridized carbons (Fsp3) is 0. The molecule has 0 atom stereocenters. The van der Waals surface area contributed by atoms with E-state index in [2.05, 4.69) is 237 Å². The van der Waals surface area contributed by atoms with Gasteiger partial charge in [-0.05, 0) is 98.9 Å². The van der Waals surface area contributed by atoms with Crippen LogP contribution in [0.1, 0.15) is 0 Å². The topological polar surface area (TPSA) is 25.8 Å². The largest absolute Gasteiger partial charge is 0.252 e. The quantitative estimate of drug-likeness (QED) is 0.161. The van der Waals surface area contributed by atoms with Crippen LogP contribution < -0.4 is 0 Å². The first kappa shape index (κ1) is 39.9. The van der Waals surface area contributed by atoms with Crippen molar-refractivity contribution in [1.82, 2.24) is 9.97 Å². The summed E-state index contributed by atoms with van der Waals surface area (Å²) in [5.41, 5.74) is 13.6. The maximum Gasteiger partial charge on any atom is 0.0979 e. The van der Waals surface area contributed by atoms with Crippen LogP contribution in [-0.2, 0) is 0 Å². The van der Waals surface area contributed by atoms with Gasteiger partial charge in [-0.15, -0.1) is 11.3 Å². The second-order valence-corrected chi connectivity index (χ2v) is 19.7. The zero-order valence-corrected chi connectivity index (χ0v) is 39.2. The van der Waals surface area contributed by atoms with Crippen LogP contribution in [0, 0.1) is 0 Å². The van der Waals surface area contributed by atoms with Gasteiger partial charge in [0.05, 0.1) is 22.9 Å². The SMILES string of the molecule is c1ccc2c(c1)sc1c(-c3ccc(-c4ccc(-c5ccc(-c6ccc(-c7cnc8c9ccccc9c9ccccc9c8n7)c7ccccc67)c6ccccc56)c5ccccc45)c4ccccc34)cccc12. The molecule has 0 amide bonds. The third-order valence-corrected chi connectivity index (χ3v) is 16.2. The lowest BCUT2D eigenvalue weighted by Crippen LogP contribution is -1.94. The summed E-state index contributed by atoms with van der Waals surface area (Å²) < 4.78 is 2.66. The first-order valence-electron chi connectivity index (χ1n) is 24.3. The minimum atomic E-state index is 0.866. The number of fused-ring (bicyclic) bond motifs is 13. The Morgan fingerprint density at radius 3 is 1.00 bits per heavy atom. The second kappa shape index (κ2) is 15.8. The smallest absolute Gasteiger partial charge is 0.0979 e. The maximum absolute atomic E-state index is 5.41. The first-order valence-corrected chi connectivity index (χ1v) is 25.1. The molecule has 0 radical (unpaired) electrons. The molecule has 0 unspecified atom stereocenters. The Morgan fingerprint density at radius 1 is 0.225 bits per heavy atom. The van der Waals surface area contributed by atoms with E-state index in [0.29, 0.717) is 0 Å². The highest BCUT2D eigenvalue weighted by atomic mass is 32.1. The number of hydrogen-bond acceptors (Lipinski definition) is 3. The molecule has 15 rings (SSSR count). The van der Waals surface area contributed by atoms with Crippen LogP contribution in [-0.4, -0.2) is 9.97 Å². The Balaban J connectivity index is 0.855. The summed E-state index contributed by atoms with van der Waals surface area (Å²) in [6.45, 7) is 0. The predicted octanol–water partition coefficient (Wildman–Crippen LogP) is 19.3. The number of rotatable bonds is 5. The van der Waals surface area contributed by atoms with Gasteiger partial charge in [0.25, 0.3) is 0 Å². The van der Waals surface area contributed by atoms with E-state index in [9.17, 15) is 0 Å². The predicted molar refractivity (Wildman–Crippen MR) is 305 cm³/mol. The maximum atomic E-state index is 5.41. The molecule has 2 heterocycles. The molecule has 15 aromatic rings. The van der Waals surface area contributed by atoms with Crippen molar-refractivity contribution in [2.75, 3.05) is 0 Å². The lowest BCUT2D eigenvalue weighted by molar-refractivity contribution is 1.31. The highest BCUT2D eigenvalue weighted by Gasteiger charge is 2.20. The van der Waals surface area contributed by atoms with Crippen molar-refractivity contribution < 1.29 is 0 Å². The molecular formula is C68H40N2S. The van der Waals surface area contributed by atoms with Crippen molar-refractivity contribution in [3.63, 3.8) is 0 Å².